The van der Waals surface area contributed by atoms with Crippen LogP contribution >= 0.6 is 0 Å². The lowest BCUT2D eigenvalue weighted by molar-refractivity contribution is 0.0802. The van der Waals surface area contributed by atoms with Gasteiger partial charge < -0.3 is 20.3 Å². The van der Waals surface area contributed by atoms with Crippen LogP contribution in [0.15, 0.2) is 59.1 Å². The summed E-state index contributed by atoms with van der Waals surface area (Å²) >= 11 is 0. The number of pyridine rings is 1. The quantitative estimate of drug-likeness (QED) is 0.399. The Kier molecular flexibility index (Phi) is 6.56. The Morgan fingerprint density at radius 2 is 1.91 bits per heavy atom. The van der Waals surface area contributed by atoms with E-state index in [1.165, 1.54) is 18.3 Å². The van der Waals surface area contributed by atoms with E-state index >= 15 is 0 Å². The summed E-state index contributed by atoms with van der Waals surface area (Å²) in [5.41, 5.74) is 1.17. The molecule has 33 heavy (non-hydrogen) atoms. The first-order valence-corrected chi connectivity index (χ1v) is 11.6. The van der Waals surface area contributed by atoms with Gasteiger partial charge in [0.25, 0.3) is 5.56 Å². The molecule has 2 aliphatic rings. The molecule has 0 unspecified atom stereocenters. The molecule has 0 aliphatic heterocycles. The Hall–Kier alpha value is -3.12. The second kappa shape index (κ2) is 9.40. The SMILES string of the molecule is CC1=C[C@@H](C(=O)c2c(O)c(-c3ccc(O)cc3)c[nH]c2=O)[C@H](/C=C/CO)[C@H]2C[C@@H](C)CC[C@H]12. The fourth-order valence-corrected chi connectivity index (χ4v) is 5.71. The number of phenols is 1. The summed E-state index contributed by atoms with van der Waals surface area (Å²) in [6, 6.07) is 6.19. The molecule has 0 bridgehead atoms. The number of rotatable bonds is 5. The van der Waals surface area contributed by atoms with Gasteiger partial charge in [0.05, 0.1) is 6.61 Å². The Bertz CT molecular complexity index is 1140. The van der Waals surface area contributed by atoms with E-state index in [4.69, 9.17) is 0 Å². The zero-order chi connectivity index (χ0) is 23.7. The number of fused-ring (bicyclic) bond motifs is 1. The number of phenolic OH excluding ortho intramolecular Hbond substituents is 1. The van der Waals surface area contributed by atoms with Crippen molar-refractivity contribution in [2.45, 2.75) is 33.1 Å². The lowest BCUT2D eigenvalue weighted by Gasteiger charge is -2.45. The number of Topliss-reactive ketones (excluding diaryl/α,β-unsaturated/α-hetero) is 1. The van der Waals surface area contributed by atoms with E-state index in [9.17, 15) is 24.9 Å². The van der Waals surface area contributed by atoms with E-state index < -0.39 is 17.3 Å². The standard InChI is InChI=1S/C27H31NO5/c1-15-5-10-19-16(2)13-22(20(4-3-11-29)21(19)12-15)25(31)24-26(32)23(14-28-27(24)33)17-6-8-18(30)9-7-17/h3-4,6-9,13-15,19-22,29-30H,5,10-12H2,1-2H3,(H2,28,32,33)/b4-3+/t15-,19+,20+,21-,22+/m0/s1. The van der Waals surface area contributed by atoms with Gasteiger partial charge in [0.2, 0.25) is 0 Å². The Morgan fingerprint density at radius 3 is 2.61 bits per heavy atom. The third kappa shape index (κ3) is 4.40. The van der Waals surface area contributed by atoms with Gasteiger partial charge in [-0.2, -0.15) is 0 Å². The molecule has 1 saturated carbocycles. The number of aliphatic hydroxyl groups is 1. The van der Waals surface area contributed by atoms with E-state index in [1.807, 2.05) is 12.2 Å². The van der Waals surface area contributed by atoms with Crippen molar-refractivity contribution in [3.63, 3.8) is 0 Å². The van der Waals surface area contributed by atoms with Gasteiger partial charge in [0.15, 0.2) is 5.78 Å². The van der Waals surface area contributed by atoms with Crippen LogP contribution in [0.4, 0.5) is 0 Å². The van der Waals surface area contributed by atoms with Crippen molar-refractivity contribution >= 4 is 5.78 Å². The van der Waals surface area contributed by atoms with Gasteiger partial charge in [0, 0.05) is 17.7 Å². The van der Waals surface area contributed by atoms with Gasteiger partial charge >= 0.3 is 0 Å². The second-order valence-corrected chi connectivity index (χ2v) is 9.48. The number of aromatic amines is 1. The predicted octanol–water partition coefficient (Wildman–Crippen LogP) is 4.43. The number of aromatic nitrogens is 1. The van der Waals surface area contributed by atoms with Crippen LogP contribution in [-0.4, -0.2) is 32.7 Å². The highest BCUT2D eigenvalue weighted by molar-refractivity contribution is 6.03. The van der Waals surface area contributed by atoms with Crippen LogP contribution in [0.3, 0.4) is 0 Å². The molecule has 0 saturated heterocycles. The zero-order valence-electron chi connectivity index (χ0n) is 19.0. The van der Waals surface area contributed by atoms with Gasteiger partial charge in [-0.05, 0) is 61.1 Å². The highest BCUT2D eigenvalue weighted by Gasteiger charge is 2.43. The maximum atomic E-state index is 13.8. The molecule has 6 nitrogen and oxygen atoms in total. The molecule has 2 aromatic rings. The highest BCUT2D eigenvalue weighted by atomic mass is 16.3. The highest BCUT2D eigenvalue weighted by Crippen LogP contribution is 2.49. The molecule has 1 aromatic heterocycles. The number of allylic oxidation sites excluding steroid dienone is 3. The van der Waals surface area contributed by atoms with Crippen molar-refractivity contribution in [1.82, 2.24) is 4.98 Å². The maximum absolute atomic E-state index is 13.8. The summed E-state index contributed by atoms with van der Waals surface area (Å²) in [6.07, 6.45) is 10.1. The predicted molar refractivity (Wildman–Crippen MR) is 127 cm³/mol. The monoisotopic (exact) mass is 449 g/mol. The van der Waals surface area contributed by atoms with Crippen LogP contribution in [0.1, 0.15) is 43.5 Å². The lowest BCUT2D eigenvalue weighted by Crippen LogP contribution is -2.40. The minimum atomic E-state index is -0.630. The van der Waals surface area contributed by atoms with Gasteiger partial charge in [-0.1, -0.05) is 49.3 Å². The molecular formula is C27H31NO5. The number of nitrogens with one attached hydrogen (secondary N) is 1. The number of aromatic hydroxyl groups is 2. The Morgan fingerprint density at radius 1 is 1.18 bits per heavy atom. The topological polar surface area (TPSA) is 111 Å². The third-order valence-electron chi connectivity index (χ3n) is 7.36. The number of aliphatic hydroxyl groups excluding tert-OH is 1. The first-order chi connectivity index (χ1) is 15.8. The van der Waals surface area contributed by atoms with Crippen molar-refractivity contribution in [2.75, 3.05) is 6.61 Å². The molecule has 2 aliphatic carbocycles. The summed E-state index contributed by atoms with van der Waals surface area (Å²) in [5.74, 6) is -0.268. The fourth-order valence-electron chi connectivity index (χ4n) is 5.71. The number of benzene rings is 1. The fraction of sp³-hybridized carbons (Fsp3) is 0.407. The van der Waals surface area contributed by atoms with Crippen molar-refractivity contribution in [3.05, 3.63) is 70.2 Å². The van der Waals surface area contributed by atoms with Crippen LogP contribution in [-0.2, 0) is 0 Å². The Labute approximate surface area is 193 Å². The lowest BCUT2D eigenvalue weighted by atomic mass is 9.59. The first kappa shape index (κ1) is 23.1. The second-order valence-electron chi connectivity index (χ2n) is 9.48. The van der Waals surface area contributed by atoms with E-state index in [0.29, 0.717) is 23.0 Å². The van der Waals surface area contributed by atoms with Crippen molar-refractivity contribution < 1.29 is 20.1 Å². The van der Waals surface area contributed by atoms with Crippen LogP contribution in [0.5, 0.6) is 11.5 Å². The molecule has 5 atom stereocenters. The molecule has 4 N–H and O–H groups in total. The van der Waals surface area contributed by atoms with Gasteiger partial charge in [0.1, 0.15) is 17.1 Å². The normalized spacial score (nSPS) is 27.2. The number of carbonyl (C=O) groups is 1. The Balaban J connectivity index is 1.79. The molecule has 4 rings (SSSR count). The van der Waals surface area contributed by atoms with Crippen LogP contribution in [0.2, 0.25) is 0 Å². The van der Waals surface area contributed by atoms with E-state index in [1.54, 1.807) is 18.2 Å². The van der Waals surface area contributed by atoms with Gasteiger partial charge in [-0.3, -0.25) is 9.59 Å². The average molecular weight is 450 g/mol. The number of hydrogen-bond donors (Lipinski definition) is 4. The molecule has 1 aromatic carbocycles. The van der Waals surface area contributed by atoms with E-state index in [0.717, 1.165) is 24.8 Å². The van der Waals surface area contributed by atoms with Crippen molar-refractivity contribution in [2.24, 2.45) is 29.6 Å². The van der Waals surface area contributed by atoms with Crippen molar-refractivity contribution in [3.8, 4) is 22.6 Å². The van der Waals surface area contributed by atoms with E-state index in [2.05, 4.69) is 18.8 Å². The molecular weight excluding hydrogens is 418 g/mol. The molecule has 6 heteroatoms. The summed E-state index contributed by atoms with van der Waals surface area (Å²) in [5, 5.41) is 30.0. The number of ketones is 1. The maximum Gasteiger partial charge on any atom is 0.262 e. The van der Waals surface area contributed by atoms with Crippen molar-refractivity contribution in [1.29, 1.82) is 0 Å². The number of H-pyrrole nitrogens is 1. The van der Waals surface area contributed by atoms with Crippen LogP contribution in [0, 0.1) is 29.6 Å². The molecule has 0 spiro atoms. The van der Waals surface area contributed by atoms with Crippen LogP contribution in [0.25, 0.3) is 11.1 Å². The summed E-state index contributed by atoms with van der Waals surface area (Å²) in [6.45, 7) is 4.16. The minimum Gasteiger partial charge on any atom is -0.508 e. The zero-order valence-corrected chi connectivity index (χ0v) is 19.0. The third-order valence-corrected chi connectivity index (χ3v) is 7.36. The smallest absolute Gasteiger partial charge is 0.262 e. The largest absolute Gasteiger partial charge is 0.508 e. The molecule has 1 heterocycles. The number of carbonyl (C=O) groups excluding carboxylic acids is 1. The molecule has 0 radical (unpaired) electrons. The molecule has 1 fully saturated rings. The van der Waals surface area contributed by atoms with Crippen LogP contribution < -0.4 is 5.56 Å². The summed E-state index contributed by atoms with van der Waals surface area (Å²) in [4.78, 5) is 29.1. The molecule has 174 valence electrons. The number of hydrogen-bond acceptors (Lipinski definition) is 5. The molecule has 0 amide bonds. The average Bonchev–Trinajstić information content (AvgIpc) is 2.79. The first-order valence-electron chi connectivity index (χ1n) is 11.6. The van der Waals surface area contributed by atoms with Gasteiger partial charge in [-0.15, -0.1) is 0 Å². The summed E-state index contributed by atoms with van der Waals surface area (Å²) in [7, 11) is 0. The minimum absolute atomic E-state index is 0.0801. The van der Waals surface area contributed by atoms with E-state index in [-0.39, 0.29) is 35.5 Å². The van der Waals surface area contributed by atoms with Gasteiger partial charge in [-0.25, -0.2) is 0 Å². The summed E-state index contributed by atoms with van der Waals surface area (Å²) < 4.78 is 0.